The summed E-state index contributed by atoms with van der Waals surface area (Å²) in [6.45, 7) is 1.71. The monoisotopic (exact) mass is 161 g/mol. The molecule has 0 aromatic heterocycles. The van der Waals surface area contributed by atoms with Crippen LogP contribution in [0.5, 0.6) is 0 Å². The van der Waals surface area contributed by atoms with Crippen LogP contribution in [0.2, 0.25) is 0 Å². The van der Waals surface area contributed by atoms with Gasteiger partial charge in [0, 0.05) is 12.3 Å². The highest BCUT2D eigenvalue weighted by Gasteiger charge is 2.09. The zero-order chi connectivity index (χ0) is 8.85. The lowest BCUT2D eigenvalue weighted by atomic mass is 10.0. The lowest BCUT2D eigenvalue weighted by molar-refractivity contribution is -0.118. The molecule has 4 nitrogen and oxygen atoms in total. The van der Waals surface area contributed by atoms with Crippen molar-refractivity contribution in [3.8, 4) is 0 Å². The molecule has 0 aliphatic carbocycles. The summed E-state index contributed by atoms with van der Waals surface area (Å²) in [5.41, 5.74) is 4.89. The molecule has 4 heteroatoms. The van der Waals surface area contributed by atoms with Gasteiger partial charge in [-0.25, -0.2) is 0 Å². The first-order valence-electron chi connectivity index (χ1n) is 3.68. The van der Waals surface area contributed by atoms with E-state index in [4.69, 9.17) is 15.9 Å². The molecule has 1 amide bonds. The Kier molecular flexibility index (Phi) is 4.81. The average Bonchev–Trinajstić information content (AvgIpc) is 1.86. The Bertz CT molecular complexity index is 125. The lowest BCUT2D eigenvalue weighted by Crippen LogP contribution is -2.17. The van der Waals surface area contributed by atoms with Crippen LogP contribution in [0, 0.1) is 5.92 Å². The highest BCUT2D eigenvalue weighted by Crippen LogP contribution is 2.09. The molecule has 0 saturated heterocycles. The smallest absolute Gasteiger partial charge is 0.217 e. The molecule has 1 atom stereocenters. The van der Waals surface area contributed by atoms with Crippen molar-refractivity contribution in [2.45, 2.75) is 32.5 Å². The number of aliphatic hydroxyl groups is 2. The molecule has 0 saturated carbocycles. The van der Waals surface area contributed by atoms with E-state index in [1.165, 1.54) is 0 Å². The largest absolute Gasteiger partial charge is 0.370 e. The molecule has 4 N–H and O–H groups in total. The van der Waals surface area contributed by atoms with Crippen molar-refractivity contribution in [3.63, 3.8) is 0 Å². The molecular formula is C7H15NO3. The molecule has 0 aromatic rings. The molecule has 11 heavy (non-hydrogen) atoms. The SMILES string of the molecule is CC(CCCC(N)=O)C(O)O. The molecule has 66 valence electrons. The minimum absolute atomic E-state index is 0.186. The topological polar surface area (TPSA) is 83.6 Å². The van der Waals surface area contributed by atoms with Gasteiger partial charge >= 0.3 is 0 Å². The first kappa shape index (κ1) is 10.4. The number of hydrogen-bond acceptors (Lipinski definition) is 3. The Morgan fingerprint density at radius 3 is 2.45 bits per heavy atom. The maximum atomic E-state index is 10.2. The third-order valence-corrected chi connectivity index (χ3v) is 1.59. The summed E-state index contributed by atoms with van der Waals surface area (Å²) in [4.78, 5) is 10.2. The van der Waals surface area contributed by atoms with Gasteiger partial charge in [-0.15, -0.1) is 0 Å². The Morgan fingerprint density at radius 2 is 2.09 bits per heavy atom. The Labute approximate surface area is 66.0 Å². The van der Waals surface area contributed by atoms with Gasteiger partial charge in [-0.3, -0.25) is 4.79 Å². The van der Waals surface area contributed by atoms with Crippen LogP contribution in [-0.2, 0) is 4.79 Å². The van der Waals surface area contributed by atoms with Crippen LogP contribution in [0.15, 0.2) is 0 Å². The predicted molar refractivity (Wildman–Crippen MR) is 40.4 cm³/mol. The van der Waals surface area contributed by atoms with E-state index in [9.17, 15) is 4.79 Å². The van der Waals surface area contributed by atoms with Crippen molar-refractivity contribution in [1.29, 1.82) is 0 Å². The van der Waals surface area contributed by atoms with Gasteiger partial charge in [0.05, 0.1) is 0 Å². The minimum Gasteiger partial charge on any atom is -0.370 e. The predicted octanol–water partition coefficient (Wildman–Crippen LogP) is -0.411. The number of carbonyl (C=O) groups excluding carboxylic acids is 1. The molecule has 0 radical (unpaired) electrons. The molecule has 0 spiro atoms. The fraction of sp³-hybridized carbons (Fsp3) is 0.857. The van der Waals surface area contributed by atoms with Gasteiger partial charge in [0.2, 0.25) is 5.91 Å². The molecule has 1 unspecified atom stereocenters. The van der Waals surface area contributed by atoms with E-state index >= 15 is 0 Å². The van der Waals surface area contributed by atoms with E-state index in [0.29, 0.717) is 19.3 Å². The standard InChI is InChI=1S/C7H15NO3/c1-5(7(10)11)3-2-4-6(8)9/h5,7,10-11H,2-4H2,1H3,(H2,8,9). The molecule has 0 bridgehead atoms. The molecule has 0 aliphatic rings. The zero-order valence-corrected chi connectivity index (χ0v) is 6.66. The number of amides is 1. The van der Waals surface area contributed by atoms with E-state index < -0.39 is 6.29 Å². The fourth-order valence-electron chi connectivity index (χ4n) is 0.747. The summed E-state index contributed by atoms with van der Waals surface area (Å²) < 4.78 is 0. The molecule has 0 heterocycles. The second kappa shape index (κ2) is 5.09. The summed E-state index contributed by atoms with van der Waals surface area (Å²) in [6.07, 6.45) is 0.258. The zero-order valence-electron chi connectivity index (χ0n) is 6.66. The van der Waals surface area contributed by atoms with Gasteiger partial charge in [-0.1, -0.05) is 6.92 Å². The highest BCUT2D eigenvalue weighted by atomic mass is 16.5. The van der Waals surface area contributed by atoms with Gasteiger partial charge < -0.3 is 15.9 Å². The van der Waals surface area contributed by atoms with E-state index in [0.717, 1.165) is 0 Å². The fourth-order valence-corrected chi connectivity index (χ4v) is 0.747. The van der Waals surface area contributed by atoms with Crippen LogP contribution in [0.4, 0.5) is 0 Å². The maximum absolute atomic E-state index is 10.2. The number of carbonyl (C=O) groups is 1. The summed E-state index contributed by atoms with van der Waals surface area (Å²) in [6, 6.07) is 0. The van der Waals surface area contributed by atoms with Crippen LogP contribution < -0.4 is 5.73 Å². The Morgan fingerprint density at radius 1 is 1.55 bits per heavy atom. The number of aliphatic hydroxyl groups excluding tert-OH is 1. The summed E-state index contributed by atoms with van der Waals surface area (Å²) in [7, 11) is 0. The molecular weight excluding hydrogens is 146 g/mol. The van der Waals surface area contributed by atoms with Crippen LogP contribution in [0.1, 0.15) is 26.2 Å². The van der Waals surface area contributed by atoms with Crippen LogP contribution in [0.3, 0.4) is 0 Å². The van der Waals surface area contributed by atoms with Crippen molar-refractivity contribution in [3.05, 3.63) is 0 Å². The maximum Gasteiger partial charge on any atom is 0.217 e. The number of rotatable bonds is 5. The van der Waals surface area contributed by atoms with Crippen molar-refractivity contribution in [1.82, 2.24) is 0 Å². The first-order chi connectivity index (χ1) is 5.04. The molecule has 0 rings (SSSR count). The van der Waals surface area contributed by atoms with Crippen LogP contribution in [0.25, 0.3) is 0 Å². The van der Waals surface area contributed by atoms with Crippen LogP contribution >= 0.6 is 0 Å². The van der Waals surface area contributed by atoms with Crippen molar-refractivity contribution in [2.75, 3.05) is 0 Å². The number of nitrogens with two attached hydrogens (primary N) is 1. The van der Waals surface area contributed by atoms with Gasteiger partial charge in [0.1, 0.15) is 0 Å². The quantitative estimate of drug-likeness (QED) is 0.479. The number of primary amides is 1. The minimum atomic E-state index is -1.29. The van der Waals surface area contributed by atoms with Gasteiger partial charge in [-0.2, -0.15) is 0 Å². The van der Waals surface area contributed by atoms with Crippen LogP contribution in [-0.4, -0.2) is 22.4 Å². The third-order valence-electron chi connectivity index (χ3n) is 1.59. The Hall–Kier alpha value is -0.610. The first-order valence-corrected chi connectivity index (χ1v) is 3.68. The van der Waals surface area contributed by atoms with Gasteiger partial charge in [-0.05, 0) is 12.8 Å². The summed E-state index contributed by atoms with van der Waals surface area (Å²) >= 11 is 0. The van der Waals surface area contributed by atoms with E-state index in [2.05, 4.69) is 0 Å². The van der Waals surface area contributed by atoms with Crippen molar-refractivity contribution < 1.29 is 15.0 Å². The summed E-state index contributed by atoms with van der Waals surface area (Å²) in [5.74, 6) is -0.529. The molecule has 0 aromatic carbocycles. The van der Waals surface area contributed by atoms with Crippen molar-refractivity contribution in [2.24, 2.45) is 11.7 Å². The number of hydrogen-bond donors (Lipinski definition) is 3. The normalized spacial score (nSPS) is 13.5. The molecule has 0 aliphatic heterocycles. The van der Waals surface area contributed by atoms with Gasteiger partial charge in [0.15, 0.2) is 6.29 Å². The second-order valence-corrected chi connectivity index (χ2v) is 2.75. The molecule has 0 fully saturated rings. The average molecular weight is 161 g/mol. The highest BCUT2D eigenvalue weighted by molar-refractivity contribution is 5.73. The third kappa shape index (κ3) is 5.82. The lowest BCUT2D eigenvalue weighted by Gasteiger charge is -2.11. The summed E-state index contributed by atoms with van der Waals surface area (Å²) in [5, 5.41) is 17.3. The van der Waals surface area contributed by atoms with E-state index in [-0.39, 0.29) is 11.8 Å². The van der Waals surface area contributed by atoms with Gasteiger partial charge in [0.25, 0.3) is 0 Å². The van der Waals surface area contributed by atoms with Crippen molar-refractivity contribution >= 4 is 5.91 Å². The van der Waals surface area contributed by atoms with E-state index in [1.54, 1.807) is 6.92 Å². The second-order valence-electron chi connectivity index (χ2n) is 2.75. The Balaban J connectivity index is 3.31. The van der Waals surface area contributed by atoms with E-state index in [1.807, 2.05) is 0 Å².